The Balaban J connectivity index is 1.75. The minimum atomic E-state index is 0.741. The summed E-state index contributed by atoms with van der Waals surface area (Å²) in [5.74, 6) is 0.780. The fourth-order valence-corrected chi connectivity index (χ4v) is 2.60. The molecule has 0 amide bonds. The minimum absolute atomic E-state index is 0.741. The molecule has 3 rings (SSSR count). The van der Waals surface area contributed by atoms with Crippen LogP contribution < -0.4 is 9.80 Å². The van der Waals surface area contributed by atoms with E-state index in [1.54, 1.807) is 12.4 Å². The quantitative estimate of drug-likeness (QED) is 0.841. The van der Waals surface area contributed by atoms with E-state index in [0.29, 0.717) is 0 Å². The first-order valence-electron chi connectivity index (χ1n) is 7.05. The Morgan fingerprint density at radius 2 is 1.71 bits per heavy atom. The van der Waals surface area contributed by atoms with E-state index in [4.69, 9.17) is 0 Å². The van der Waals surface area contributed by atoms with Gasteiger partial charge in [-0.2, -0.15) is 5.26 Å². The fourth-order valence-electron chi connectivity index (χ4n) is 2.60. The van der Waals surface area contributed by atoms with Gasteiger partial charge in [0.25, 0.3) is 0 Å². The topological polar surface area (TPSA) is 56.1 Å². The van der Waals surface area contributed by atoms with Crippen LogP contribution in [0.5, 0.6) is 0 Å². The Kier molecular flexibility index (Phi) is 3.69. The molecule has 1 aliphatic rings. The Bertz CT molecular complexity index is 654. The third kappa shape index (κ3) is 2.79. The largest absolute Gasteiger partial charge is 0.367 e. The summed E-state index contributed by atoms with van der Waals surface area (Å²) in [6, 6.07) is 10.1. The van der Waals surface area contributed by atoms with Crippen LogP contribution in [0.3, 0.4) is 0 Å². The van der Waals surface area contributed by atoms with Crippen LogP contribution in [0, 0.1) is 18.3 Å². The summed E-state index contributed by atoms with van der Waals surface area (Å²) >= 11 is 0. The molecule has 0 N–H and O–H groups in total. The van der Waals surface area contributed by atoms with Crippen molar-refractivity contribution in [1.29, 1.82) is 5.26 Å². The van der Waals surface area contributed by atoms with E-state index in [1.165, 1.54) is 5.56 Å². The van der Waals surface area contributed by atoms with Crippen molar-refractivity contribution in [3.63, 3.8) is 0 Å². The van der Waals surface area contributed by atoms with Gasteiger partial charge in [-0.25, -0.2) is 9.97 Å². The molecule has 0 spiro atoms. The molecule has 0 aliphatic carbocycles. The van der Waals surface area contributed by atoms with Gasteiger partial charge >= 0.3 is 0 Å². The van der Waals surface area contributed by atoms with Gasteiger partial charge in [-0.05, 0) is 30.7 Å². The molecule has 1 fully saturated rings. The van der Waals surface area contributed by atoms with E-state index in [2.05, 4.69) is 38.8 Å². The van der Waals surface area contributed by atoms with Gasteiger partial charge in [0, 0.05) is 38.6 Å². The van der Waals surface area contributed by atoms with Crippen LogP contribution in [0.15, 0.2) is 36.7 Å². The molecular weight excluding hydrogens is 262 g/mol. The van der Waals surface area contributed by atoms with Crippen LogP contribution >= 0.6 is 0 Å². The number of rotatable bonds is 2. The maximum atomic E-state index is 9.26. The van der Waals surface area contributed by atoms with Crippen LogP contribution in [0.25, 0.3) is 0 Å². The zero-order valence-corrected chi connectivity index (χ0v) is 12.0. The standard InChI is InChI=1S/C16H17N5/c1-13-3-4-14(12-17)15(11-13)20-7-9-21(10-8-20)16-18-5-2-6-19-16/h2-6,11H,7-10H2,1H3. The molecule has 1 aromatic carbocycles. The number of nitrogens with zero attached hydrogens (tertiary/aromatic N) is 5. The van der Waals surface area contributed by atoms with Gasteiger partial charge in [0.05, 0.1) is 11.3 Å². The molecule has 21 heavy (non-hydrogen) atoms. The second-order valence-corrected chi connectivity index (χ2v) is 5.16. The smallest absolute Gasteiger partial charge is 0.225 e. The Labute approximate surface area is 124 Å². The third-order valence-corrected chi connectivity index (χ3v) is 3.73. The molecule has 1 aliphatic heterocycles. The van der Waals surface area contributed by atoms with Gasteiger partial charge in [-0.3, -0.25) is 0 Å². The van der Waals surface area contributed by atoms with Crippen molar-refractivity contribution in [2.45, 2.75) is 6.92 Å². The van der Waals surface area contributed by atoms with Crippen LogP contribution in [-0.2, 0) is 0 Å². The number of benzene rings is 1. The highest BCUT2D eigenvalue weighted by Gasteiger charge is 2.20. The molecule has 5 nitrogen and oxygen atoms in total. The molecule has 2 aromatic rings. The van der Waals surface area contributed by atoms with Crippen LogP contribution in [-0.4, -0.2) is 36.1 Å². The first kappa shape index (κ1) is 13.4. The van der Waals surface area contributed by atoms with Crippen molar-refractivity contribution in [2.75, 3.05) is 36.0 Å². The summed E-state index contributed by atoms with van der Waals surface area (Å²) in [6.45, 7) is 5.52. The zero-order valence-electron chi connectivity index (χ0n) is 12.0. The number of nitriles is 1. The van der Waals surface area contributed by atoms with Crippen molar-refractivity contribution in [1.82, 2.24) is 9.97 Å². The van der Waals surface area contributed by atoms with E-state index < -0.39 is 0 Å². The Morgan fingerprint density at radius 3 is 2.38 bits per heavy atom. The molecule has 1 aromatic heterocycles. The summed E-state index contributed by atoms with van der Waals surface area (Å²) < 4.78 is 0. The summed E-state index contributed by atoms with van der Waals surface area (Å²) in [6.07, 6.45) is 3.53. The number of aryl methyl sites for hydroxylation is 1. The van der Waals surface area contributed by atoms with E-state index in [1.807, 2.05) is 18.2 Å². The monoisotopic (exact) mass is 279 g/mol. The first-order chi connectivity index (χ1) is 10.3. The number of aromatic nitrogens is 2. The maximum Gasteiger partial charge on any atom is 0.225 e. The van der Waals surface area contributed by atoms with E-state index in [0.717, 1.165) is 43.4 Å². The number of anilines is 2. The summed E-state index contributed by atoms with van der Waals surface area (Å²) in [5.41, 5.74) is 2.95. The zero-order chi connectivity index (χ0) is 14.7. The summed E-state index contributed by atoms with van der Waals surface area (Å²) in [4.78, 5) is 13.0. The van der Waals surface area contributed by atoms with Crippen molar-refractivity contribution in [2.24, 2.45) is 0 Å². The molecular formula is C16H17N5. The third-order valence-electron chi connectivity index (χ3n) is 3.73. The summed E-state index contributed by atoms with van der Waals surface area (Å²) in [5, 5.41) is 9.26. The normalized spacial score (nSPS) is 14.9. The molecule has 0 unspecified atom stereocenters. The van der Waals surface area contributed by atoms with Crippen LogP contribution in [0.2, 0.25) is 0 Å². The lowest BCUT2D eigenvalue weighted by Crippen LogP contribution is -2.47. The van der Waals surface area contributed by atoms with Gasteiger partial charge in [0.1, 0.15) is 6.07 Å². The van der Waals surface area contributed by atoms with Crippen molar-refractivity contribution in [3.05, 3.63) is 47.8 Å². The molecule has 106 valence electrons. The molecule has 0 saturated carbocycles. The lowest BCUT2D eigenvalue weighted by Gasteiger charge is -2.36. The van der Waals surface area contributed by atoms with E-state index >= 15 is 0 Å². The molecule has 0 radical (unpaired) electrons. The van der Waals surface area contributed by atoms with Gasteiger partial charge in [0.2, 0.25) is 5.95 Å². The minimum Gasteiger partial charge on any atom is -0.367 e. The average Bonchev–Trinajstić information content (AvgIpc) is 2.56. The first-order valence-corrected chi connectivity index (χ1v) is 7.05. The number of hydrogen-bond acceptors (Lipinski definition) is 5. The lowest BCUT2D eigenvalue weighted by molar-refractivity contribution is 0.639. The van der Waals surface area contributed by atoms with Gasteiger partial charge < -0.3 is 9.80 Å². The molecule has 5 heteroatoms. The Hall–Kier alpha value is -2.61. The highest BCUT2D eigenvalue weighted by Crippen LogP contribution is 2.23. The average molecular weight is 279 g/mol. The van der Waals surface area contributed by atoms with Gasteiger partial charge in [-0.1, -0.05) is 6.07 Å². The van der Waals surface area contributed by atoms with Crippen LogP contribution in [0.4, 0.5) is 11.6 Å². The second kappa shape index (κ2) is 5.80. The predicted molar refractivity (Wildman–Crippen MR) is 82.4 cm³/mol. The van der Waals surface area contributed by atoms with Gasteiger partial charge in [-0.15, -0.1) is 0 Å². The lowest BCUT2D eigenvalue weighted by atomic mass is 10.1. The fraction of sp³-hybridized carbons (Fsp3) is 0.312. The predicted octanol–water partition coefficient (Wildman–Crippen LogP) is 1.98. The SMILES string of the molecule is Cc1ccc(C#N)c(N2CCN(c3ncccn3)CC2)c1. The number of hydrogen-bond donors (Lipinski definition) is 0. The van der Waals surface area contributed by atoms with Crippen molar-refractivity contribution in [3.8, 4) is 6.07 Å². The van der Waals surface area contributed by atoms with E-state index in [-0.39, 0.29) is 0 Å². The maximum absolute atomic E-state index is 9.26. The van der Waals surface area contributed by atoms with E-state index in [9.17, 15) is 5.26 Å². The second-order valence-electron chi connectivity index (χ2n) is 5.16. The highest BCUT2D eigenvalue weighted by atomic mass is 15.3. The molecule has 0 bridgehead atoms. The van der Waals surface area contributed by atoms with Crippen molar-refractivity contribution >= 4 is 11.6 Å². The molecule has 2 heterocycles. The number of piperazine rings is 1. The summed E-state index contributed by atoms with van der Waals surface area (Å²) in [7, 11) is 0. The van der Waals surface area contributed by atoms with Crippen molar-refractivity contribution < 1.29 is 0 Å². The molecule has 1 saturated heterocycles. The Morgan fingerprint density at radius 1 is 1.05 bits per heavy atom. The van der Waals surface area contributed by atoms with Crippen LogP contribution in [0.1, 0.15) is 11.1 Å². The molecule has 0 atom stereocenters. The van der Waals surface area contributed by atoms with Gasteiger partial charge in [0.15, 0.2) is 0 Å². The highest BCUT2D eigenvalue weighted by molar-refractivity contribution is 5.61.